The van der Waals surface area contributed by atoms with Crippen molar-refractivity contribution in [1.82, 2.24) is 0 Å². The fourth-order valence-corrected chi connectivity index (χ4v) is 3.36. The van der Waals surface area contributed by atoms with Gasteiger partial charge < -0.3 is 10.4 Å². The van der Waals surface area contributed by atoms with Gasteiger partial charge in [-0.1, -0.05) is 25.1 Å². The quantitative estimate of drug-likeness (QED) is 0.825. The number of hydrogen-bond acceptors (Lipinski definition) is 3. The third-order valence-corrected chi connectivity index (χ3v) is 4.26. The third-order valence-electron chi connectivity index (χ3n) is 2.81. The molecule has 1 aromatic rings. The zero-order valence-corrected chi connectivity index (χ0v) is 9.76. The van der Waals surface area contributed by atoms with Crippen molar-refractivity contribution in [1.29, 1.82) is 0 Å². The molecule has 82 valence electrons. The Labute approximate surface area is 95.1 Å². The van der Waals surface area contributed by atoms with E-state index in [2.05, 4.69) is 12.2 Å². The lowest BCUT2D eigenvalue weighted by atomic mass is 9.97. The van der Waals surface area contributed by atoms with Crippen molar-refractivity contribution in [3.63, 3.8) is 0 Å². The van der Waals surface area contributed by atoms with Crippen molar-refractivity contribution in [3.8, 4) is 0 Å². The lowest BCUT2D eigenvalue weighted by Crippen LogP contribution is -2.42. The predicted molar refractivity (Wildman–Crippen MR) is 66.4 cm³/mol. The molecule has 0 spiro atoms. The Morgan fingerprint density at radius 2 is 2.20 bits per heavy atom. The number of anilines is 1. The lowest BCUT2D eigenvalue weighted by molar-refractivity contribution is 0.223. The average Bonchev–Trinajstić information content (AvgIpc) is 2.62. The Morgan fingerprint density at radius 3 is 2.73 bits per heavy atom. The van der Waals surface area contributed by atoms with Crippen LogP contribution >= 0.6 is 11.8 Å². The van der Waals surface area contributed by atoms with Gasteiger partial charge >= 0.3 is 0 Å². The lowest BCUT2D eigenvalue weighted by Gasteiger charge is -2.28. The Kier molecular flexibility index (Phi) is 3.22. The molecule has 0 radical (unpaired) electrons. The Bertz CT molecular complexity index is 317. The molecular weight excluding hydrogens is 206 g/mol. The van der Waals surface area contributed by atoms with E-state index in [1.54, 1.807) is 0 Å². The van der Waals surface area contributed by atoms with Crippen LogP contribution < -0.4 is 5.32 Å². The van der Waals surface area contributed by atoms with Crippen LogP contribution in [0.5, 0.6) is 0 Å². The normalized spacial score (nSPS) is 30.4. The highest BCUT2D eigenvalue weighted by Crippen LogP contribution is 2.36. The van der Waals surface area contributed by atoms with Gasteiger partial charge in [0.25, 0.3) is 0 Å². The molecule has 0 aromatic heterocycles. The molecular formula is C12H17NOS. The molecule has 0 saturated carbocycles. The van der Waals surface area contributed by atoms with Crippen molar-refractivity contribution in [3.05, 3.63) is 30.3 Å². The van der Waals surface area contributed by atoms with Crippen LogP contribution in [0.4, 0.5) is 5.69 Å². The highest BCUT2D eigenvalue weighted by atomic mass is 32.2. The van der Waals surface area contributed by atoms with E-state index in [4.69, 9.17) is 0 Å². The highest BCUT2D eigenvalue weighted by Gasteiger charge is 2.37. The molecule has 2 nitrogen and oxygen atoms in total. The number of hydrogen-bond donors (Lipinski definition) is 2. The summed E-state index contributed by atoms with van der Waals surface area (Å²) in [5, 5.41) is 13.6. The molecule has 0 aliphatic carbocycles. The first-order valence-electron chi connectivity index (χ1n) is 5.30. The summed E-state index contributed by atoms with van der Waals surface area (Å²) in [5.41, 5.74) is 0.979. The maximum Gasteiger partial charge on any atom is 0.0704 e. The van der Waals surface area contributed by atoms with E-state index in [0.29, 0.717) is 5.25 Å². The highest BCUT2D eigenvalue weighted by molar-refractivity contribution is 8.00. The minimum absolute atomic E-state index is 0.120. The van der Waals surface area contributed by atoms with Gasteiger partial charge in [-0.05, 0) is 18.6 Å². The Morgan fingerprint density at radius 1 is 1.47 bits per heavy atom. The van der Waals surface area contributed by atoms with Crippen molar-refractivity contribution in [2.75, 3.05) is 17.7 Å². The van der Waals surface area contributed by atoms with Crippen LogP contribution in [-0.4, -0.2) is 28.3 Å². The largest absolute Gasteiger partial charge is 0.394 e. The van der Waals surface area contributed by atoms with Crippen LogP contribution in [0.25, 0.3) is 0 Å². The summed E-state index contributed by atoms with van der Waals surface area (Å²) in [4.78, 5) is 0. The van der Waals surface area contributed by atoms with Crippen molar-refractivity contribution >= 4 is 17.4 Å². The van der Waals surface area contributed by atoms with Crippen molar-refractivity contribution < 1.29 is 5.11 Å². The summed E-state index contributed by atoms with van der Waals surface area (Å²) in [6, 6.07) is 10.1. The second kappa shape index (κ2) is 4.45. The number of nitrogens with one attached hydrogen (secondary N) is 1. The van der Waals surface area contributed by atoms with Gasteiger partial charge in [0, 0.05) is 16.7 Å². The van der Waals surface area contributed by atoms with E-state index in [1.165, 1.54) is 0 Å². The number of rotatable bonds is 3. The van der Waals surface area contributed by atoms with Gasteiger partial charge in [0.1, 0.15) is 0 Å². The summed E-state index contributed by atoms with van der Waals surface area (Å²) < 4.78 is 0. The van der Waals surface area contributed by atoms with Crippen molar-refractivity contribution in [2.24, 2.45) is 0 Å². The Balaban J connectivity index is 2.09. The maximum absolute atomic E-state index is 9.52. The molecule has 3 heteroatoms. The van der Waals surface area contributed by atoms with Crippen LogP contribution in [0.2, 0.25) is 0 Å². The number of para-hydroxylation sites is 1. The second-order valence-corrected chi connectivity index (χ2v) is 5.68. The van der Waals surface area contributed by atoms with Crippen LogP contribution in [-0.2, 0) is 0 Å². The van der Waals surface area contributed by atoms with Gasteiger partial charge in [-0.3, -0.25) is 0 Å². The van der Waals surface area contributed by atoms with Gasteiger partial charge in [-0.2, -0.15) is 11.8 Å². The molecule has 1 saturated heterocycles. The predicted octanol–water partition coefficient (Wildman–Crippen LogP) is 2.36. The fourth-order valence-electron chi connectivity index (χ4n) is 2.03. The molecule has 2 rings (SSSR count). The van der Waals surface area contributed by atoms with Crippen LogP contribution in [0.1, 0.15) is 13.3 Å². The van der Waals surface area contributed by atoms with Crippen LogP contribution in [0.3, 0.4) is 0 Å². The van der Waals surface area contributed by atoms with E-state index in [9.17, 15) is 5.11 Å². The molecule has 1 fully saturated rings. The number of aliphatic hydroxyl groups excluding tert-OH is 1. The molecule has 1 heterocycles. The zero-order valence-electron chi connectivity index (χ0n) is 8.94. The number of aliphatic hydroxyl groups is 1. The molecule has 2 atom stereocenters. The summed E-state index contributed by atoms with van der Waals surface area (Å²) >= 11 is 1.93. The van der Waals surface area contributed by atoms with Crippen molar-refractivity contribution in [2.45, 2.75) is 24.1 Å². The monoisotopic (exact) mass is 223 g/mol. The smallest absolute Gasteiger partial charge is 0.0704 e. The number of benzene rings is 1. The summed E-state index contributed by atoms with van der Waals surface area (Å²) in [6.07, 6.45) is 1.03. The zero-order chi connectivity index (χ0) is 10.7. The maximum atomic E-state index is 9.52. The first-order chi connectivity index (χ1) is 7.24. The molecule has 1 aliphatic heterocycles. The first kappa shape index (κ1) is 10.8. The van der Waals surface area contributed by atoms with Gasteiger partial charge in [0.2, 0.25) is 0 Å². The summed E-state index contributed by atoms with van der Waals surface area (Å²) in [6.45, 7) is 2.42. The fraction of sp³-hybridized carbons (Fsp3) is 0.500. The molecule has 0 bridgehead atoms. The molecule has 2 unspecified atom stereocenters. The van der Waals surface area contributed by atoms with E-state index >= 15 is 0 Å². The van der Waals surface area contributed by atoms with E-state index in [1.807, 2.05) is 42.1 Å². The first-order valence-corrected chi connectivity index (χ1v) is 6.35. The van der Waals surface area contributed by atoms with E-state index < -0.39 is 0 Å². The topological polar surface area (TPSA) is 32.3 Å². The third kappa shape index (κ3) is 2.47. The van der Waals surface area contributed by atoms with E-state index in [0.717, 1.165) is 17.9 Å². The molecule has 1 aliphatic rings. The standard InChI is InChI=1S/C12H17NOS/c1-10-7-12(8-14,9-15-10)13-11-5-3-2-4-6-11/h2-6,10,13-14H,7-9H2,1H3. The average molecular weight is 223 g/mol. The van der Waals surface area contributed by atoms with Crippen LogP contribution in [0.15, 0.2) is 30.3 Å². The summed E-state index contributed by atoms with van der Waals surface area (Å²) in [7, 11) is 0. The Hall–Kier alpha value is -0.670. The van der Waals surface area contributed by atoms with Gasteiger partial charge in [-0.15, -0.1) is 0 Å². The van der Waals surface area contributed by atoms with E-state index in [-0.39, 0.29) is 12.1 Å². The molecule has 1 aromatic carbocycles. The molecule has 0 amide bonds. The van der Waals surface area contributed by atoms with Crippen LogP contribution in [0, 0.1) is 0 Å². The SMILES string of the molecule is CC1CC(CO)(Nc2ccccc2)CS1. The van der Waals surface area contributed by atoms with Gasteiger partial charge in [-0.25, -0.2) is 0 Å². The van der Waals surface area contributed by atoms with Gasteiger partial charge in [0.05, 0.1) is 12.1 Å². The van der Waals surface area contributed by atoms with Gasteiger partial charge in [0.15, 0.2) is 0 Å². The molecule has 15 heavy (non-hydrogen) atoms. The molecule has 2 N–H and O–H groups in total. The second-order valence-electron chi connectivity index (χ2n) is 4.26. The number of thioether (sulfide) groups is 1. The minimum Gasteiger partial charge on any atom is -0.394 e. The minimum atomic E-state index is -0.120. The summed E-state index contributed by atoms with van der Waals surface area (Å²) in [5.74, 6) is 0.986.